The van der Waals surface area contributed by atoms with Gasteiger partial charge in [0.25, 0.3) is 5.91 Å². The molecule has 0 radical (unpaired) electrons. The van der Waals surface area contributed by atoms with Crippen molar-refractivity contribution in [3.8, 4) is 6.07 Å². The van der Waals surface area contributed by atoms with E-state index < -0.39 is 0 Å². The molecule has 0 saturated carbocycles. The standard InChI is InChI=1S/C22H21N3O/c1-2-16-7-9-17(10-8-16)13-19(14-23)22(26)24-12-11-18-15-25-21-6-4-3-5-20(18)21/h3-10,13,15,25H,2,11-12H2,1H3,(H,24,26)/b19-13+. The van der Waals surface area contributed by atoms with Crippen molar-refractivity contribution in [3.05, 3.63) is 77.0 Å². The fraction of sp³-hybridized carbons (Fsp3) is 0.182. The van der Waals surface area contributed by atoms with Gasteiger partial charge >= 0.3 is 0 Å². The van der Waals surface area contributed by atoms with Crippen molar-refractivity contribution < 1.29 is 4.79 Å². The normalized spacial score (nSPS) is 11.3. The molecule has 3 rings (SSSR count). The summed E-state index contributed by atoms with van der Waals surface area (Å²) in [6.45, 7) is 2.57. The lowest BCUT2D eigenvalue weighted by atomic mass is 10.1. The van der Waals surface area contributed by atoms with Crippen molar-refractivity contribution in [2.24, 2.45) is 0 Å². The monoisotopic (exact) mass is 343 g/mol. The van der Waals surface area contributed by atoms with Crippen LogP contribution in [0.4, 0.5) is 0 Å². The SMILES string of the molecule is CCc1ccc(/C=C(\C#N)C(=O)NCCc2c[nH]c3ccccc23)cc1. The highest BCUT2D eigenvalue weighted by Crippen LogP contribution is 2.17. The second kappa shape index (κ2) is 8.17. The zero-order valence-electron chi connectivity index (χ0n) is 14.8. The lowest BCUT2D eigenvalue weighted by Crippen LogP contribution is -2.26. The minimum Gasteiger partial charge on any atom is -0.361 e. The first-order valence-corrected chi connectivity index (χ1v) is 8.75. The summed E-state index contributed by atoms with van der Waals surface area (Å²) in [5.41, 5.74) is 4.43. The van der Waals surface area contributed by atoms with E-state index in [1.807, 2.05) is 54.7 Å². The molecule has 3 aromatic rings. The number of hydrogen-bond donors (Lipinski definition) is 2. The largest absolute Gasteiger partial charge is 0.361 e. The molecule has 0 aliphatic carbocycles. The molecule has 1 amide bonds. The average molecular weight is 343 g/mol. The molecule has 0 bridgehead atoms. The number of rotatable bonds is 6. The third kappa shape index (κ3) is 4.01. The molecular weight excluding hydrogens is 322 g/mol. The van der Waals surface area contributed by atoms with Gasteiger partial charge in [-0.25, -0.2) is 0 Å². The number of carbonyl (C=O) groups excluding carboxylic acids is 1. The third-order valence-corrected chi connectivity index (χ3v) is 4.42. The predicted molar refractivity (Wildman–Crippen MR) is 104 cm³/mol. The molecule has 130 valence electrons. The van der Waals surface area contributed by atoms with Crippen LogP contribution in [0.5, 0.6) is 0 Å². The molecule has 2 aromatic carbocycles. The van der Waals surface area contributed by atoms with Gasteiger partial charge in [-0.3, -0.25) is 4.79 Å². The van der Waals surface area contributed by atoms with Gasteiger partial charge in [-0.15, -0.1) is 0 Å². The van der Waals surface area contributed by atoms with Gasteiger partial charge in [0.05, 0.1) is 0 Å². The number of aryl methyl sites for hydroxylation is 1. The van der Waals surface area contributed by atoms with Crippen LogP contribution >= 0.6 is 0 Å². The Labute approximate surface area is 153 Å². The molecule has 0 aliphatic heterocycles. The lowest BCUT2D eigenvalue weighted by Gasteiger charge is -2.04. The molecule has 2 N–H and O–H groups in total. The number of benzene rings is 2. The number of amides is 1. The second-order valence-electron chi connectivity index (χ2n) is 6.13. The molecule has 0 aliphatic rings. The Kier molecular flexibility index (Phi) is 5.50. The molecule has 0 fully saturated rings. The van der Waals surface area contributed by atoms with Gasteiger partial charge in [0.15, 0.2) is 0 Å². The van der Waals surface area contributed by atoms with E-state index in [9.17, 15) is 10.1 Å². The average Bonchev–Trinajstić information content (AvgIpc) is 3.09. The van der Waals surface area contributed by atoms with Gasteiger partial charge in [-0.2, -0.15) is 5.26 Å². The van der Waals surface area contributed by atoms with Crippen LogP contribution in [0, 0.1) is 11.3 Å². The summed E-state index contributed by atoms with van der Waals surface area (Å²) in [7, 11) is 0. The molecule has 0 atom stereocenters. The van der Waals surface area contributed by atoms with E-state index in [1.165, 1.54) is 5.56 Å². The van der Waals surface area contributed by atoms with Gasteiger partial charge < -0.3 is 10.3 Å². The Morgan fingerprint density at radius 3 is 2.69 bits per heavy atom. The fourth-order valence-electron chi connectivity index (χ4n) is 2.91. The van der Waals surface area contributed by atoms with E-state index in [4.69, 9.17) is 0 Å². The Bertz CT molecular complexity index is 975. The number of aromatic amines is 1. The highest BCUT2D eigenvalue weighted by atomic mass is 16.1. The van der Waals surface area contributed by atoms with Crippen LogP contribution in [0.15, 0.2) is 60.3 Å². The van der Waals surface area contributed by atoms with Crippen LogP contribution in [-0.4, -0.2) is 17.4 Å². The molecule has 0 unspecified atom stereocenters. The summed E-state index contributed by atoms with van der Waals surface area (Å²) < 4.78 is 0. The highest BCUT2D eigenvalue weighted by molar-refractivity contribution is 6.01. The molecule has 1 aromatic heterocycles. The number of para-hydroxylation sites is 1. The summed E-state index contributed by atoms with van der Waals surface area (Å²) in [6, 6.07) is 17.9. The molecule has 1 heterocycles. The minimum absolute atomic E-state index is 0.119. The smallest absolute Gasteiger partial charge is 0.261 e. The van der Waals surface area contributed by atoms with Crippen molar-refractivity contribution >= 4 is 22.9 Å². The minimum atomic E-state index is -0.341. The molecule has 4 nitrogen and oxygen atoms in total. The number of carbonyl (C=O) groups is 1. The first kappa shape index (κ1) is 17.5. The number of nitrogens with zero attached hydrogens (tertiary/aromatic N) is 1. The first-order valence-electron chi connectivity index (χ1n) is 8.75. The van der Waals surface area contributed by atoms with Crippen LogP contribution in [0.3, 0.4) is 0 Å². The number of nitrogens with one attached hydrogen (secondary N) is 2. The van der Waals surface area contributed by atoms with E-state index in [1.54, 1.807) is 6.08 Å². The number of fused-ring (bicyclic) bond motifs is 1. The Morgan fingerprint density at radius 1 is 1.19 bits per heavy atom. The van der Waals surface area contributed by atoms with Gasteiger partial charge in [0.2, 0.25) is 0 Å². The number of H-pyrrole nitrogens is 1. The number of nitriles is 1. The zero-order valence-corrected chi connectivity index (χ0v) is 14.8. The predicted octanol–water partition coefficient (Wildman–Crippen LogP) is 4.00. The van der Waals surface area contributed by atoms with Crippen LogP contribution in [-0.2, 0) is 17.6 Å². The Balaban J connectivity index is 1.62. The van der Waals surface area contributed by atoms with E-state index in [0.717, 1.165) is 28.5 Å². The van der Waals surface area contributed by atoms with Gasteiger partial charge in [-0.1, -0.05) is 49.4 Å². The number of hydrogen-bond acceptors (Lipinski definition) is 2. The summed E-state index contributed by atoms with van der Waals surface area (Å²) in [5, 5.41) is 13.3. The summed E-state index contributed by atoms with van der Waals surface area (Å²) >= 11 is 0. The Hall–Kier alpha value is -3.32. The van der Waals surface area contributed by atoms with Crippen molar-refractivity contribution in [2.45, 2.75) is 19.8 Å². The van der Waals surface area contributed by atoms with E-state index in [2.05, 4.69) is 23.3 Å². The van der Waals surface area contributed by atoms with Crippen molar-refractivity contribution in [1.29, 1.82) is 5.26 Å². The van der Waals surface area contributed by atoms with Crippen LogP contribution < -0.4 is 5.32 Å². The van der Waals surface area contributed by atoms with Crippen LogP contribution in [0.1, 0.15) is 23.6 Å². The molecule has 4 heteroatoms. The van der Waals surface area contributed by atoms with Crippen molar-refractivity contribution in [1.82, 2.24) is 10.3 Å². The quantitative estimate of drug-likeness (QED) is 0.525. The second-order valence-corrected chi connectivity index (χ2v) is 6.13. The van der Waals surface area contributed by atoms with Gasteiger partial charge in [0.1, 0.15) is 11.6 Å². The molecule has 0 saturated heterocycles. The maximum atomic E-state index is 12.3. The first-order chi connectivity index (χ1) is 12.7. The molecule has 0 spiro atoms. The van der Waals surface area contributed by atoms with Crippen LogP contribution in [0.2, 0.25) is 0 Å². The maximum Gasteiger partial charge on any atom is 0.261 e. The van der Waals surface area contributed by atoms with E-state index >= 15 is 0 Å². The Morgan fingerprint density at radius 2 is 1.96 bits per heavy atom. The summed E-state index contributed by atoms with van der Waals surface area (Å²) in [4.78, 5) is 15.5. The fourth-order valence-corrected chi connectivity index (χ4v) is 2.91. The van der Waals surface area contributed by atoms with E-state index in [0.29, 0.717) is 13.0 Å². The number of aromatic nitrogens is 1. The molecule has 26 heavy (non-hydrogen) atoms. The molecular formula is C22H21N3O. The van der Waals surface area contributed by atoms with Gasteiger partial charge in [-0.05, 0) is 41.7 Å². The zero-order chi connectivity index (χ0) is 18.4. The van der Waals surface area contributed by atoms with E-state index in [-0.39, 0.29) is 11.5 Å². The lowest BCUT2D eigenvalue weighted by molar-refractivity contribution is -0.117. The summed E-state index contributed by atoms with van der Waals surface area (Å²) in [5.74, 6) is -0.341. The van der Waals surface area contributed by atoms with Gasteiger partial charge in [0, 0.05) is 23.6 Å². The van der Waals surface area contributed by atoms with Crippen LogP contribution in [0.25, 0.3) is 17.0 Å². The highest BCUT2D eigenvalue weighted by Gasteiger charge is 2.09. The van der Waals surface area contributed by atoms with Crippen molar-refractivity contribution in [3.63, 3.8) is 0 Å². The summed E-state index contributed by atoms with van der Waals surface area (Å²) in [6.07, 6.45) is 5.26. The third-order valence-electron chi connectivity index (χ3n) is 4.42. The topological polar surface area (TPSA) is 68.7 Å². The maximum absolute atomic E-state index is 12.3. The van der Waals surface area contributed by atoms with Crippen molar-refractivity contribution in [2.75, 3.05) is 6.54 Å².